The van der Waals surface area contributed by atoms with Crippen molar-refractivity contribution >= 4 is 39.9 Å². The molecule has 43 heavy (non-hydrogen) atoms. The first-order chi connectivity index (χ1) is 20.8. The minimum Gasteiger partial charge on any atom is -0.507 e. The summed E-state index contributed by atoms with van der Waals surface area (Å²) in [5.74, 6) is -1.70. The lowest BCUT2D eigenvalue weighted by atomic mass is 9.95. The van der Waals surface area contributed by atoms with Gasteiger partial charge in [-0.3, -0.25) is 14.5 Å². The molecular weight excluding hydrogens is 568 g/mol. The number of ether oxygens (including phenoxy) is 3. The normalized spacial score (nSPS) is 15.8. The monoisotopic (exact) mass is 596 g/mol. The molecule has 1 atom stereocenters. The molecule has 1 unspecified atom stereocenters. The highest BCUT2D eigenvalue weighted by atomic mass is 32.1. The van der Waals surface area contributed by atoms with Crippen LogP contribution >= 0.6 is 11.3 Å². The fourth-order valence-corrected chi connectivity index (χ4v) is 5.63. The van der Waals surface area contributed by atoms with Crippen molar-refractivity contribution in [3.8, 4) is 11.5 Å². The number of aryl methyl sites for hydroxylation is 1. The number of carbonyl (C=O) groups excluding carboxylic acids is 3. The van der Waals surface area contributed by atoms with E-state index < -0.39 is 23.7 Å². The van der Waals surface area contributed by atoms with E-state index in [1.807, 2.05) is 30.3 Å². The Morgan fingerprint density at radius 3 is 2.49 bits per heavy atom. The fraction of sp³-hybridized carbons (Fsp3) is 0.152. The molecule has 0 saturated carbocycles. The molecule has 5 rings (SSSR count). The Balaban J connectivity index is 1.60. The minimum absolute atomic E-state index is 0.00759. The molecule has 218 valence electrons. The Labute approximate surface area is 252 Å². The maximum absolute atomic E-state index is 13.6. The Morgan fingerprint density at radius 1 is 1.05 bits per heavy atom. The largest absolute Gasteiger partial charge is 0.507 e. The maximum atomic E-state index is 13.6. The number of hydrogen-bond donors (Lipinski definition) is 1. The first-order valence-electron chi connectivity index (χ1n) is 13.3. The van der Waals surface area contributed by atoms with Crippen LogP contribution in [0.2, 0.25) is 0 Å². The third-order valence-corrected chi connectivity index (χ3v) is 7.88. The van der Waals surface area contributed by atoms with Gasteiger partial charge in [0.2, 0.25) is 0 Å². The molecular formula is C33H28N2O7S. The number of methoxy groups -OCH3 is 1. The summed E-state index contributed by atoms with van der Waals surface area (Å²) in [6.07, 6.45) is 1.44. The standard InChI is InChI=1S/C33H28N2O7S/c1-4-17-41-32(39)30-20(2)34-33(43-30)35-27(23-11-8-12-25(18-23)42-19-21-9-6-5-7-10-21)26(29(37)31(35)38)28(36)22-13-15-24(40-3)16-14-22/h4-16,18,27,36H,1,17,19H2,2-3H3. The topological polar surface area (TPSA) is 115 Å². The smallest absolute Gasteiger partial charge is 0.350 e. The number of nitrogens with zero attached hydrogens (tertiary/aromatic N) is 2. The predicted octanol–water partition coefficient (Wildman–Crippen LogP) is 6.01. The van der Waals surface area contributed by atoms with Crippen LogP contribution in [0.5, 0.6) is 11.5 Å². The van der Waals surface area contributed by atoms with Gasteiger partial charge in [0.1, 0.15) is 35.3 Å². The van der Waals surface area contributed by atoms with E-state index in [1.54, 1.807) is 55.5 Å². The van der Waals surface area contributed by atoms with Gasteiger partial charge < -0.3 is 19.3 Å². The van der Waals surface area contributed by atoms with Crippen molar-refractivity contribution in [3.05, 3.63) is 124 Å². The van der Waals surface area contributed by atoms with E-state index in [2.05, 4.69) is 11.6 Å². The molecule has 1 aliphatic heterocycles. The number of anilines is 1. The van der Waals surface area contributed by atoms with E-state index in [4.69, 9.17) is 14.2 Å². The summed E-state index contributed by atoms with van der Waals surface area (Å²) in [4.78, 5) is 45.7. The predicted molar refractivity (Wildman–Crippen MR) is 162 cm³/mol. The van der Waals surface area contributed by atoms with Gasteiger partial charge in [0.05, 0.1) is 24.4 Å². The lowest BCUT2D eigenvalue weighted by Crippen LogP contribution is -2.29. The van der Waals surface area contributed by atoms with E-state index in [-0.39, 0.29) is 27.9 Å². The highest BCUT2D eigenvalue weighted by Crippen LogP contribution is 2.44. The number of amides is 1. The minimum atomic E-state index is -1.06. The molecule has 1 saturated heterocycles. The van der Waals surface area contributed by atoms with E-state index in [1.165, 1.54) is 18.1 Å². The van der Waals surface area contributed by atoms with Crippen molar-refractivity contribution in [2.45, 2.75) is 19.6 Å². The summed E-state index contributed by atoms with van der Waals surface area (Å²) in [5, 5.41) is 11.6. The first kappa shape index (κ1) is 29.3. The maximum Gasteiger partial charge on any atom is 0.350 e. The van der Waals surface area contributed by atoms with Gasteiger partial charge >= 0.3 is 11.9 Å². The fourth-order valence-electron chi connectivity index (χ4n) is 4.64. The number of thiazole rings is 1. The first-order valence-corrected chi connectivity index (χ1v) is 14.1. The van der Waals surface area contributed by atoms with Crippen LogP contribution in [0.1, 0.15) is 38.1 Å². The molecule has 0 aliphatic carbocycles. The molecule has 0 radical (unpaired) electrons. The summed E-state index contributed by atoms with van der Waals surface area (Å²) in [5.41, 5.74) is 2.00. The number of benzene rings is 3. The number of esters is 1. The Morgan fingerprint density at radius 2 is 1.79 bits per heavy atom. The summed E-state index contributed by atoms with van der Waals surface area (Å²) >= 11 is 0.927. The Hall–Kier alpha value is -5.22. The molecule has 1 N–H and O–H groups in total. The second kappa shape index (κ2) is 12.7. The van der Waals surface area contributed by atoms with Crippen LogP contribution in [-0.4, -0.2) is 41.5 Å². The van der Waals surface area contributed by atoms with Crippen LogP contribution in [0.4, 0.5) is 5.13 Å². The quantitative estimate of drug-likeness (QED) is 0.0779. The Kier molecular flexibility index (Phi) is 8.68. The van der Waals surface area contributed by atoms with Crippen LogP contribution in [0.15, 0.2) is 97.1 Å². The van der Waals surface area contributed by atoms with Gasteiger partial charge in [0, 0.05) is 5.56 Å². The molecule has 1 aliphatic rings. The molecule has 0 spiro atoms. The van der Waals surface area contributed by atoms with Gasteiger partial charge in [-0.25, -0.2) is 9.78 Å². The van der Waals surface area contributed by atoms with Crippen LogP contribution in [-0.2, 0) is 20.9 Å². The lowest BCUT2D eigenvalue weighted by Gasteiger charge is -2.23. The number of carbonyl (C=O) groups is 3. The molecule has 10 heteroatoms. The molecule has 3 aromatic carbocycles. The second-order valence-corrected chi connectivity index (χ2v) is 10.5. The summed E-state index contributed by atoms with van der Waals surface area (Å²) in [6, 6.07) is 22.0. The average molecular weight is 597 g/mol. The summed E-state index contributed by atoms with van der Waals surface area (Å²) in [6.45, 7) is 5.48. The highest BCUT2D eigenvalue weighted by Gasteiger charge is 2.48. The molecule has 1 fully saturated rings. The number of aromatic nitrogens is 1. The van der Waals surface area contributed by atoms with E-state index in [9.17, 15) is 19.5 Å². The number of aliphatic hydroxyl groups is 1. The van der Waals surface area contributed by atoms with Crippen LogP contribution in [0, 0.1) is 6.92 Å². The lowest BCUT2D eigenvalue weighted by molar-refractivity contribution is -0.132. The van der Waals surface area contributed by atoms with Crippen molar-refractivity contribution in [2.24, 2.45) is 0 Å². The van der Waals surface area contributed by atoms with Gasteiger partial charge in [-0.05, 0) is 54.4 Å². The number of rotatable bonds is 10. The molecule has 4 aromatic rings. The second-order valence-electron chi connectivity index (χ2n) is 9.54. The zero-order valence-electron chi connectivity index (χ0n) is 23.5. The van der Waals surface area contributed by atoms with Gasteiger partial charge in [-0.15, -0.1) is 0 Å². The highest BCUT2D eigenvalue weighted by molar-refractivity contribution is 7.17. The van der Waals surface area contributed by atoms with Crippen molar-refractivity contribution < 1.29 is 33.7 Å². The third-order valence-electron chi connectivity index (χ3n) is 6.74. The van der Waals surface area contributed by atoms with Crippen molar-refractivity contribution in [1.29, 1.82) is 0 Å². The molecule has 2 heterocycles. The zero-order valence-corrected chi connectivity index (χ0v) is 24.3. The van der Waals surface area contributed by atoms with E-state index in [0.29, 0.717) is 34.9 Å². The molecule has 1 aromatic heterocycles. The van der Waals surface area contributed by atoms with Crippen LogP contribution in [0.3, 0.4) is 0 Å². The Bertz CT molecular complexity index is 1710. The van der Waals surface area contributed by atoms with Gasteiger partial charge in [-0.2, -0.15) is 0 Å². The van der Waals surface area contributed by atoms with Crippen molar-refractivity contribution in [1.82, 2.24) is 4.98 Å². The van der Waals surface area contributed by atoms with Gasteiger partial charge in [0.15, 0.2) is 5.13 Å². The van der Waals surface area contributed by atoms with Crippen LogP contribution in [0.25, 0.3) is 5.76 Å². The number of Topliss-reactive ketones (excluding diaryl/α,β-unsaturated/α-hetero) is 1. The molecule has 0 bridgehead atoms. The number of hydrogen-bond acceptors (Lipinski definition) is 9. The van der Waals surface area contributed by atoms with Crippen molar-refractivity contribution in [3.63, 3.8) is 0 Å². The zero-order chi connectivity index (χ0) is 30.5. The van der Waals surface area contributed by atoms with Gasteiger partial charge in [-0.1, -0.05) is 66.5 Å². The molecule has 1 amide bonds. The van der Waals surface area contributed by atoms with Crippen molar-refractivity contribution in [2.75, 3.05) is 18.6 Å². The van der Waals surface area contributed by atoms with Crippen LogP contribution < -0.4 is 14.4 Å². The summed E-state index contributed by atoms with van der Waals surface area (Å²) in [7, 11) is 1.52. The number of ketones is 1. The molecule has 9 nitrogen and oxygen atoms in total. The summed E-state index contributed by atoms with van der Waals surface area (Å²) < 4.78 is 16.4. The average Bonchev–Trinajstić information content (AvgIpc) is 3.55. The van der Waals surface area contributed by atoms with E-state index in [0.717, 1.165) is 16.9 Å². The third kappa shape index (κ3) is 6.05. The van der Waals surface area contributed by atoms with E-state index >= 15 is 0 Å². The van der Waals surface area contributed by atoms with Gasteiger partial charge in [0.25, 0.3) is 5.78 Å². The number of aliphatic hydroxyl groups excluding tert-OH is 1. The SMILES string of the molecule is C=CCOC(=O)c1sc(N2C(=O)C(=O)C(=C(O)c3ccc(OC)cc3)C2c2cccc(OCc3ccccc3)c2)nc1C.